The van der Waals surface area contributed by atoms with Crippen molar-refractivity contribution in [3.8, 4) is 0 Å². The molecule has 1 heteroatoms. The van der Waals surface area contributed by atoms with E-state index in [0.29, 0.717) is 6.54 Å². The maximum atomic E-state index is 3.91. The van der Waals surface area contributed by atoms with Gasteiger partial charge in [0.1, 0.15) is 0 Å². The molecule has 0 N–H and O–H groups in total. The average molecular weight is 145 g/mol. The Labute approximate surface area is 67.1 Å². The van der Waals surface area contributed by atoms with E-state index in [1.807, 2.05) is 0 Å². The van der Waals surface area contributed by atoms with Gasteiger partial charge in [-0.05, 0) is 24.9 Å². The summed E-state index contributed by atoms with van der Waals surface area (Å²) >= 11 is 0. The second kappa shape index (κ2) is 3.75. The Morgan fingerprint density at radius 3 is 2.55 bits per heavy atom. The van der Waals surface area contributed by atoms with Crippen LogP contribution in [0.25, 0.3) is 0 Å². The van der Waals surface area contributed by atoms with Crippen molar-refractivity contribution in [2.24, 2.45) is 4.99 Å². The molecule has 0 atom stereocenters. The van der Waals surface area contributed by atoms with Gasteiger partial charge in [-0.3, -0.25) is 0 Å². The summed E-state index contributed by atoms with van der Waals surface area (Å²) in [5, 5.41) is 0. The highest BCUT2D eigenvalue weighted by Crippen LogP contribution is 2.03. The van der Waals surface area contributed by atoms with Gasteiger partial charge in [0.05, 0.1) is 6.54 Å². The third-order valence-corrected chi connectivity index (χ3v) is 1.49. The predicted octanol–water partition coefficient (Wildman–Crippen LogP) is 2.35. The molecule has 11 heavy (non-hydrogen) atoms. The van der Waals surface area contributed by atoms with Crippen molar-refractivity contribution >= 4 is 5.87 Å². The molecular weight excluding hydrogens is 134 g/mol. The van der Waals surface area contributed by atoms with Crippen LogP contribution in [-0.2, 0) is 6.54 Å². The summed E-state index contributed by atoms with van der Waals surface area (Å²) in [6, 6.07) is 8.29. The van der Waals surface area contributed by atoms with Crippen LogP contribution in [0.1, 0.15) is 11.1 Å². The van der Waals surface area contributed by atoms with Gasteiger partial charge >= 0.3 is 0 Å². The zero-order valence-corrected chi connectivity index (χ0v) is 6.67. The van der Waals surface area contributed by atoms with Crippen LogP contribution in [0.4, 0.5) is 0 Å². The van der Waals surface area contributed by atoms with E-state index in [4.69, 9.17) is 0 Å². The van der Waals surface area contributed by atoms with Crippen molar-refractivity contribution in [2.75, 3.05) is 0 Å². The summed E-state index contributed by atoms with van der Waals surface area (Å²) < 4.78 is 0. The molecule has 1 aromatic carbocycles. The third-order valence-electron chi connectivity index (χ3n) is 1.49. The maximum absolute atomic E-state index is 3.91. The zero-order chi connectivity index (χ0) is 8.10. The number of benzene rings is 1. The molecule has 0 radical (unpaired) electrons. The van der Waals surface area contributed by atoms with Crippen LogP contribution < -0.4 is 0 Å². The molecule has 0 aliphatic rings. The molecule has 0 amide bonds. The number of hydrogen-bond donors (Lipinski definition) is 0. The summed E-state index contributed by atoms with van der Waals surface area (Å²) in [4.78, 5) is 3.91. The van der Waals surface area contributed by atoms with E-state index in [1.54, 1.807) is 0 Å². The minimum Gasteiger partial charge on any atom is -0.239 e. The van der Waals surface area contributed by atoms with E-state index in [-0.39, 0.29) is 0 Å². The standard InChI is InChI=1S/C10H11N/c1-3-11-8-10-6-4-9(2)5-7-10/h4-7H,1,8H2,2H3. The van der Waals surface area contributed by atoms with Gasteiger partial charge in [0.25, 0.3) is 0 Å². The number of aliphatic imine (C=N–C) groups is 1. The number of rotatable bonds is 2. The van der Waals surface area contributed by atoms with E-state index >= 15 is 0 Å². The lowest BCUT2D eigenvalue weighted by atomic mass is 10.1. The minimum atomic E-state index is 0.684. The van der Waals surface area contributed by atoms with Crippen LogP contribution in [0.15, 0.2) is 35.8 Å². The lowest BCUT2D eigenvalue weighted by Crippen LogP contribution is -1.80. The highest BCUT2D eigenvalue weighted by Gasteiger charge is 1.87. The molecule has 0 saturated carbocycles. The molecular formula is C10H11N. The van der Waals surface area contributed by atoms with Gasteiger partial charge in [0.15, 0.2) is 0 Å². The van der Waals surface area contributed by atoms with Crippen LogP contribution in [0, 0.1) is 6.92 Å². The van der Waals surface area contributed by atoms with Crippen molar-refractivity contribution in [2.45, 2.75) is 13.5 Å². The molecule has 0 aromatic heterocycles. The highest BCUT2D eigenvalue weighted by molar-refractivity contribution is 5.46. The first-order valence-electron chi connectivity index (χ1n) is 3.57. The van der Waals surface area contributed by atoms with Crippen molar-refractivity contribution in [1.29, 1.82) is 0 Å². The largest absolute Gasteiger partial charge is 0.239 e. The van der Waals surface area contributed by atoms with Crippen LogP contribution in [-0.4, -0.2) is 5.87 Å². The van der Waals surface area contributed by atoms with Gasteiger partial charge < -0.3 is 0 Å². The van der Waals surface area contributed by atoms with E-state index < -0.39 is 0 Å². The molecule has 0 saturated heterocycles. The Kier molecular flexibility index (Phi) is 2.65. The fraction of sp³-hybridized carbons (Fsp3) is 0.200. The Morgan fingerprint density at radius 2 is 2.00 bits per heavy atom. The lowest BCUT2D eigenvalue weighted by molar-refractivity contribution is 1.08. The first-order chi connectivity index (χ1) is 5.33. The first kappa shape index (κ1) is 7.77. The van der Waals surface area contributed by atoms with Crippen LogP contribution in [0.3, 0.4) is 0 Å². The Hall–Kier alpha value is -1.33. The predicted molar refractivity (Wildman–Crippen MR) is 47.9 cm³/mol. The Bertz CT molecular complexity index is 265. The molecule has 0 bridgehead atoms. The molecule has 0 unspecified atom stereocenters. The molecule has 0 aliphatic heterocycles. The summed E-state index contributed by atoms with van der Waals surface area (Å²) in [5.74, 6) is 2.51. The van der Waals surface area contributed by atoms with Gasteiger partial charge in [-0.1, -0.05) is 29.8 Å². The summed E-state index contributed by atoms with van der Waals surface area (Å²) in [5.41, 5.74) is 2.48. The normalized spacial score (nSPS) is 8.82. The van der Waals surface area contributed by atoms with Crippen molar-refractivity contribution in [3.05, 3.63) is 42.0 Å². The molecule has 0 heterocycles. The highest BCUT2D eigenvalue weighted by atomic mass is 14.7. The van der Waals surface area contributed by atoms with Gasteiger partial charge in [-0.2, -0.15) is 0 Å². The summed E-state index contributed by atoms with van der Waals surface area (Å²) in [6.07, 6.45) is 0. The summed E-state index contributed by atoms with van der Waals surface area (Å²) in [7, 11) is 0. The Morgan fingerprint density at radius 1 is 1.36 bits per heavy atom. The monoisotopic (exact) mass is 145 g/mol. The molecule has 56 valence electrons. The smallest absolute Gasteiger partial charge is 0.0734 e. The molecule has 1 aromatic rings. The average Bonchev–Trinajstić information content (AvgIpc) is 2.04. The second-order valence-corrected chi connectivity index (χ2v) is 2.46. The number of nitrogens with zero attached hydrogens (tertiary/aromatic N) is 1. The zero-order valence-electron chi connectivity index (χ0n) is 6.67. The third kappa shape index (κ3) is 2.40. The van der Waals surface area contributed by atoms with Crippen LogP contribution in [0.5, 0.6) is 0 Å². The topological polar surface area (TPSA) is 12.4 Å². The number of aryl methyl sites for hydroxylation is 1. The molecule has 0 spiro atoms. The van der Waals surface area contributed by atoms with Gasteiger partial charge in [-0.15, -0.1) is 0 Å². The van der Waals surface area contributed by atoms with E-state index in [9.17, 15) is 0 Å². The minimum absolute atomic E-state index is 0.684. The van der Waals surface area contributed by atoms with Crippen molar-refractivity contribution in [1.82, 2.24) is 0 Å². The fourth-order valence-corrected chi connectivity index (χ4v) is 0.841. The quantitative estimate of drug-likeness (QED) is 0.566. The summed E-state index contributed by atoms with van der Waals surface area (Å²) in [6.45, 7) is 6.16. The van der Waals surface area contributed by atoms with Gasteiger partial charge in [0, 0.05) is 0 Å². The van der Waals surface area contributed by atoms with E-state index in [2.05, 4.69) is 48.6 Å². The second-order valence-electron chi connectivity index (χ2n) is 2.46. The van der Waals surface area contributed by atoms with Gasteiger partial charge in [0.2, 0.25) is 0 Å². The molecule has 1 rings (SSSR count). The van der Waals surface area contributed by atoms with Gasteiger partial charge in [-0.25, -0.2) is 4.99 Å². The first-order valence-corrected chi connectivity index (χ1v) is 3.57. The fourth-order valence-electron chi connectivity index (χ4n) is 0.841. The maximum Gasteiger partial charge on any atom is 0.0734 e. The number of hydrogen-bond acceptors (Lipinski definition) is 1. The van der Waals surface area contributed by atoms with Crippen molar-refractivity contribution in [3.63, 3.8) is 0 Å². The van der Waals surface area contributed by atoms with Crippen molar-refractivity contribution < 1.29 is 0 Å². The molecule has 0 aliphatic carbocycles. The molecule has 0 fully saturated rings. The Balaban J connectivity index is 2.73. The van der Waals surface area contributed by atoms with E-state index in [1.165, 1.54) is 11.1 Å². The van der Waals surface area contributed by atoms with Crippen LogP contribution in [0.2, 0.25) is 0 Å². The molecule has 1 nitrogen and oxygen atoms in total. The van der Waals surface area contributed by atoms with E-state index in [0.717, 1.165) is 0 Å². The lowest BCUT2D eigenvalue weighted by Gasteiger charge is -1.94. The van der Waals surface area contributed by atoms with Crippen LogP contribution >= 0.6 is 0 Å². The SMILES string of the molecule is C=C=NCc1ccc(C)cc1.